The molecule has 0 aromatic heterocycles. The normalized spacial score (nSPS) is 16.1. The lowest BCUT2D eigenvalue weighted by atomic mass is 10.2. The number of carboxylic acid groups (broad SMARTS) is 1. The van der Waals surface area contributed by atoms with Crippen molar-refractivity contribution in [3.8, 4) is 0 Å². The number of nitrogens with zero attached hydrogens (tertiary/aromatic N) is 3. The number of carbonyl (C=O) groups excluding carboxylic acids is 1. The molecule has 7 heteroatoms. The van der Waals surface area contributed by atoms with E-state index in [2.05, 4.69) is 23.6 Å². The monoisotopic (exact) mass is 307 g/mol. The van der Waals surface area contributed by atoms with Crippen LogP contribution in [0.1, 0.15) is 20.3 Å². The lowest BCUT2D eigenvalue weighted by molar-refractivity contribution is -0.138. The Labute approximate surface area is 127 Å². The maximum Gasteiger partial charge on any atom is 0.304 e. The van der Waals surface area contributed by atoms with Crippen molar-refractivity contribution in [1.82, 2.24) is 14.7 Å². The Balaban J connectivity index is 0.00000361. The maximum atomic E-state index is 12.1. The van der Waals surface area contributed by atoms with Crippen molar-refractivity contribution >= 4 is 24.3 Å². The van der Waals surface area contributed by atoms with E-state index in [0.29, 0.717) is 26.2 Å². The van der Waals surface area contributed by atoms with E-state index >= 15 is 0 Å². The predicted octanol–water partition coefficient (Wildman–Crippen LogP) is 0.369. The zero-order chi connectivity index (χ0) is 14.3. The molecule has 1 aliphatic heterocycles. The van der Waals surface area contributed by atoms with Gasteiger partial charge in [-0.05, 0) is 13.1 Å². The summed E-state index contributed by atoms with van der Waals surface area (Å²) in [5.41, 5.74) is 0. The van der Waals surface area contributed by atoms with Crippen LogP contribution in [0.25, 0.3) is 0 Å². The van der Waals surface area contributed by atoms with Gasteiger partial charge in [-0.15, -0.1) is 12.4 Å². The van der Waals surface area contributed by atoms with Crippen LogP contribution >= 0.6 is 12.4 Å². The predicted molar refractivity (Wildman–Crippen MR) is 80.3 cm³/mol. The van der Waals surface area contributed by atoms with Crippen molar-refractivity contribution in [1.29, 1.82) is 0 Å². The molecule has 0 radical (unpaired) electrons. The van der Waals surface area contributed by atoms with Crippen molar-refractivity contribution in [2.45, 2.75) is 20.3 Å². The minimum absolute atomic E-state index is 0. The Bertz CT molecular complexity index is 303. The van der Waals surface area contributed by atoms with Crippen LogP contribution in [0.3, 0.4) is 0 Å². The molecule has 6 nitrogen and oxygen atoms in total. The molecule has 1 rings (SSSR count). The Kier molecular flexibility index (Phi) is 9.54. The summed E-state index contributed by atoms with van der Waals surface area (Å²) >= 11 is 0. The van der Waals surface area contributed by atoms with E-state index in [1.54, 1.807) is 0 Å². The van der Waals surface area contributed by atoms with Crippen LogP contribution < -0.4 is 0 Å². The molecule has 20 heavy (non-hydrogen) atoms. The molecule has 0 atom stereocenters. The number of piperazine rings is 1. The van der Waals surface area contributed by atoms with Crippen molar-refractivity contribution in [2.24, 2.45) is 0 Å². The van der Waals surface area contributed by atoms with Gasteiger partial charge in [0.1, 0.15) is 0 Å². The minimum atomic E-state index is -0.764. The third-order valence-corrected chi connectivity index (χ3v) is 3.62. The van der Waals surface area contributed by atoms with E-state index in [0.717, 1.165) is 26.2 Å². The molecule has 1 aliphatic rings. The van der Waals surface area contributed by atoms with E-state index in [-0.39, 0.29) is 24.7 Å². The third-order valence-electron chi connectivity index (χ3n) is 3.62. The molecular weight excluding hydrogens is 282 g/mol. The summed E-state index contributed by atoms with van der Waals surface area (Å²) in [7, 11) is 0. The van der Waals surface area contributed by atoms with E-state index in [1.807, 2.05) is 4.90 Å². The van der Waals surface area contributed by atoms with E-state index in [9.17, 15) is 9.59 Å². The van der Waals surface area contributed by atoms with Crippen molar-refractivity contribution < 1.29 is 14.7 Å². The van der Waals surface area contributed by atoms with E-state index < -0.39 is 5.97 Å². The first kappa shape index (κ1) is 19.1. The maximum absolute atomic E-state index is 12.1. The first-order chi connectivity index (χ1) is 9.06. The molecule has 0 saturated carbocycles. The number of amides is 1. The van der Waals surface area contributed by atoms with Crippen LogP contribution in [0.2, 0.25) is 0 Å². The van der Waals surface area contributed by atoms with Crippen LogP contribution in [0.5, 0.6) is 0 Å². The van der Waals surface area contributed by atoms with E-state index in [1.165, 1.54) is 0 Å². The molecule has 0 unspecified atom stereocenters. The molecule has 0 bridgehead atoms. The number of rotatable bonds is 7. The molecule has 1 heterocycles. The number of carbonyl (C=O) groups is 2. The largest absolute Gasteiger partial charge is 0.481 e. The fraction of sp³-hybridized carbons (Fsp3) is 0.846. The highest BCUT2D eigenvalue weighted by Gasteiger charge is 2.22. The summed E-state index contributed by atoms with van der Waals surface area (Å²) in [5, 5.41) is 8.64. The van der Waals surface area contributed by atoms with Crippen molar-refractivity contribution in [3.63, 3.8) is 0 Å². The van der Waals surface area contributed by atoms with Crippen molar-refractivity contribution in [3.05, 3.63) is 0 Å². The van der Waals surface area contributed by atoms with Crippen LogP contribution in [-0.4, -0.2) is 84.0 Å². The quantitative estimate of drug-likeness (QED) is 0.736. The Morgan fingerprint density at radius 3 is 2.10 bits per heavy atom. The van der Waals surface area contributed by atoms with Crippen LogP contribution in [0.15, 0.2) is 0 Å². The van der Waals surface area contributed by atoms with Gasteiger partial charge >= 0.3 is 5.97 Å². The number of carboxylic acids is 1. The molecule has 1 saturated heterocycles. The smallest absolute Gasteiger partial charge is 0.304 e. The summed E-state index contributed by atoms with van der Waals surface area (Å²) in [6.45, 7) is 9.92. The third kappa shape index (κ3) is 6.54. The topological polar surface area (TPSA) is 64.1 Å². The number of likely N-dealkylation sites (N-methyl/N-ethyl adjacent to an activating group) is 1. The molecule has 0 spiro atoms. The van der Waals surface area contributed by atoms with Gasteiger partial charge < -0.3 is 10.0 Å². The Morgan fingerprint density at radius 1 is 1.10 bits per heavy atom. The SMILES string of the molecule is CCN(CC)CC(=O)N1CCN(CCC(=O)O)CC1.Cl. The van der Waals surface area contributed by atoms with Gasteiger partial charge in [-0.3, -0.25) is 19.4 Å². The second-order valence-electron chi connectivity index (χ2n) is 4.83. The number of halogens is 1. The highest BCUT2D eigenvalue weighted by atomic mass is 35.5. The van der Waals surface area contributed by atoms with Crippen LogP contribution in [0, 0.1) is 0 Å². The molecule has 0 aromatic rings. The van der Waals surface area contributed by atoms with Crippen LogP contribution in [-0.2, 0) is 9.59 Å². The standard InChI is InChI=1S/C13H25N3O3.ClH/c1-3-14(4-2)11-12(17)16-9-7-15(8-10-16)6-5-13(18)19;/h3-11H2,1-2H3,(H,18,19);1H. The lowest BCUT2D eigenvalue weighted by Gasteiger charge is -2.35. The Morgan fingerprint density at radius 2 is 1.65 bits per heavy atom. The van der Waals surface area contributed by atoms with Gasteiger partial charge in [0.25, 0.3) is 0 Å². The number of hydrogen-bond donors (Lipinski definition) is 1. The van der Waals surface area contributed by atoms with Gasteiger partial charge in [0.15, 0.2) is 0 Å². The summed E-state index contributed by atoms with van der Waals surface area (Å²) < 4.78 is 0. The highest BCUT2D eigenvalue weighted by Crippen LogP contribution is 2.04. The van der Waals surface area contributed by atoms with Gasteiger partial charge in [-0.2, -0.15) is 0 Å². The van der Waals surface area contributed by atoms with Gasteiger partial charge in [0.2, 0.25) is 5.91 Å². The number of aliphatic carboxylic acids is 1. The van der Waals surface area contributed by atoms with Gasteiger partial charge in [0, 0.05) is 32.7 Å². The van der Waals surface area contributed by atoms with E-state index in [4.69, 9.17) is 5.11 Å². The molecule has 118 valence electrons. The van der Waals surface area contributed by atoms with Gasteiger partial charge in [-0.25, -0.2) is 0 Å². The second kappa shape index (κ2) is 9.96. The molecular formula is C13H26ClN3O3. The highest BCUT2D eigenvalue weighted by molar-refractivity contribution is 5.85. The van der Waals surface area contributed by atoms with Crippen LogP contribution in [0.4, 0.5) is 0 Å². The molecule has 1 amide bonds. The van der Waals surface area contributed by atoms with Gasteiger partial charge in [-0.1, -0.05) is 13.8 Å². The first-order valence-corrected chi connectivity index (χ1v) is 7.01. The minimum Gasteiger partial charge on any atom is -0.481 e. The summed E-state index contributed by atoms with van der Waals surface area (Å²) in [4.78, 5) is 28.7. The van der Waals surface area contributed by atoms with Gasteiger partial charge in [0.05, 0.1) is 13.0 Å². The average Bonchev–Trinajstić information content (AvgIpc) is 2.42. The average molecular weight is 308 g/mol. The summed E-state index contributed by atoms with van der Waals surface area (Å²) in [6.07, 6.45) is 0.174. The summed E-state index contributed by atoms with van der Waals surface area (Å²) in [5.74, 6) is -0.582. The molecule has 1 N–H and O–H groups in total. The summed E-state index contributed by atoms with van der Waals surface area (Å²) in [6, 6.07) is 0. The lowest BCUT2D eigenvalue weighted by Crippen LogP contribution is -2.51. The molecule has 1 fully saturated rings. The zero-order valence-electron chi connectivity index (χ0n) is 12.4. The first-order valence-electron chi connectivity index (χ1n) is 7.01. The second-order valence-corrected chi connectivity index (χ2v) is 4.83. The Hall–Kier alpha value is -0.850. The molecule has 0 aliphatic carbocycles. The molecule has 0 aromatic carbocycles. The fourth-order valence-corrected chi connectivity index (χ4v) is 2.21. The van der Waals surface area contributed by atoms with Crippen molar-refractivity contribution in [2.75, 3.05) is 52.4 Å². The zero-order valence-corrected chi connectivity index (χ0v) is 13.2. The fourth-order valence-electron chi connectivity index (χ4n) is 2.21. The number of hydrogen-bond acceptors (Lipinski definition) is 4.